The van der Waals surface area contributed by atoms with Gasteiger partial charge in [-0.25, -0.2) is 8.78 Å². The van der Waals surface area contributed by atoms with Gasteiger partial charge in [0.1, 0.15) is 17.4 Å². The number of nitrogens with two attached hydrogens (primary N) is 1. The fraction of sp³-hybridized carbons (Fsp3) is 0.0625. The Hall–Kier alpha value is -2.92. The Morgan fingerprint density at radius 1 is 1.30 bits per heavy atom. The van der Waals surface area contributed by atoms with Gasteiger partial charge in [-0.1, -0.05) is 0 Å². The summed E-state index contributed by atoms with van der Waals surface area (Å²) in [4.78, 5) is 37.7. The number of fused-ring (bicyclic) bond motifs is 1. The minimum atomic E-state index is -0.846. The van der Waals surface area contributed by atoms with Gasteiger partial charge in [-0.3, -0.25) is 14.4 Å². The number of thioether (sulfide) groups is 1. The molecule has 140 valence electrons. The number of nitrogens with one attached hydrogen (secondary N) is 2. The van der Waals surface area contributed by atoms with Crippen LogP contribution in [0.4, 0.5) is 14.5 Å². The number of thiophene rings is 1. The number of amides is 2. The molecule has 0 aliphatic carbocycles. The Morgan fingerprint density at radius 3 is 2.74 bits per heavy atom. The van der Waals surface area contributed by atoms with E-state index >= 15 is 0 Å². The lowest BCUT2D eigenvalue weighted by Crippen LogP contribution is -2.16. The van der Waals surface area contributed by atoms with E-state index in [9.17, 15) is 28.3 Å². The molecule has 1 aromatic carbocycles. The van der Waals surface area contributed by atoms with Gasteiger partial charge in [-0.15, -0.1) is 23.1 Å². The number of rotatable bonds is 5. The van der Waals surface area contributed by atoms with Crippen molar-refractivity contribution in [3.05, 3.63) is 51.8 Å². The average molecular weight is 411 g/mol. The van der Waals surface area contributed by atoms with Crippen LogP contribution in [0.5, 0.6) is 5.75 Å². The van der Waals surface area contributed by atoms with Gasteiger partial charge in [0.25, 0.3) is 11.5 Å². The highest BCUT2D eigenvalue weighted by Gasteiger charge is 2.21. The van der Waals surface area contributed by atoms with Gasteiger partial charge in [0.05, 0.1) is 31.4 Å². The van der Waals surface area contributed by atoms with Crippen LogP contribution in [-0.2, 0) is 4.79 Å². The first kappa shape index (κ1) is 18.9. The van der Waals surface area contributed by atoms with E-state index in [4.69, 9.17) is 5.73 Å². The largest absolute Gasteiger partial charge is 0.506 e. The molecule has 0 aliphatic rings. The van der Waals surface area contributed by atoms with Gasteiger partial charge in [-0.2, -0.15) is 0 Å². The zero-order chi connectivity index (χ0) is 19.7. The summed E-state index contributed by atoms with van der Waals surface area (Å²) in [6, 6.07) is 3.60. The van der Waals surface area contributed by atoms with Crippen LogP contribution >= 0.6 is 23.1 Å². The summed E-state index contributed by atoms with van der Waals surface area (Å²) < 4.78 is 27.3. The van der Waals surface area contributed by atoms with Crippen molar-refractivity contribution in [3.63, 3.8) is 0 Å². The van der Waals surface area contributed by atoms with Crippen molar-refractivity contribution in [1.82, 2.24) is 4.98 Å². The third kappa shape index (κ3) is 3.93. The smallest absolute Gasteiger partial charge is 0.252 e. The Balaban J connectivity index is 1.84. The van der Waals surface area contributed by atoms with E-state index in [0.717, 1.165) is 47.4 Å². The standard InChI is InChI=1S/C16H11F2N3O4S2/c17-6-1-2-7(18)8(3-6)20-11(24)5-26-16-12(15(19)25)13-14(27-16)9(22)4-10(23)21-13/h1-4H,5H2,(H2,19,25)(H,20,24)(H2,21,22,23). The lowest BCUT2D eigenvalue weighted by Gasteiger charge is -2.06. The van der Waals surface area contributed by atoms with Crippen molar-refractivity contribution in [3.8, 4) is 5.75 Å². The first-order chi connectivity index (χ1) is 12.8. The molecule has 0 radical (unpaired) electrons. The van der Waals surface area contributed by atoms with Crippen LogP contribution in [0, 0.1) is 11.6 Å². The number of hydrogen-bond acceptors (Lipinski definition) is 6. The Bertz CT molecular complexity index is 1130. The minimum absolute atomic E-state index is 0.0299. The van der Waals surface area contributed by atoms with Gasteiger partial charge >= 0.3 is 0 Å². The third-order valence-corrected chi connectivity index (χ3v) is 5.89. The molecule has 0 aliphatic heterocycles. The van der Waals surface area contributed by atoms with E-state index in [1.54, 1.807) is 0 Å². The normalized spacial score (nSPS) is 10.9. The SMILES string of the molecule is NC(=O)c1c(SCC(=O)Nc2cc(F)ccc2F)sc2c(O)cc(=O)[nH]c12. The summed E-state index contributed by atoms with van der Waals surface area (Å²) in [5.74, 6) is -3.55. The number of H-pyrrole nitrogens is 1. The van der Waals surface area contributed by atoms with Crippen molar-refractivity contribution in [2.24, 2.45) is 5.73 Å². The number of carbonyl (C=O) groups excluding carboxylic acids is 2. The monoisotopic (exact) mass is 411 g/mol. The third-order valence-electron chi connectivity index (χ3n) is 3.41. The van der Waals surface area contributed by atoms with E-state index in [2.05, 4.69) is 10.3 Å². The number of aromatic hydroxyl groups is 1. The predicted octanol–water partition coefficient (Wildman–Crippen LogP) is 2.40. The molecule has 0 fully saturated rings. The molecule has 11 heteroatoms. The van der Waals surface area contributed by atoms with E-state index in [0.29, 0.717) is 4.21 Å². The number of primary amides is 1. The zero-order valence-electron chi connectivity index (χ0n) is 13.3. The minimum Gasteiger partial charge on any atom is -0.506 e. The molecule has 3 aromatic rings. The maximum atomic E-state index is 13.6. The molecule has 27 heavy (non-hydrogen) atoms. The van der Waals surface area contributed by atoms with E-state index < -0.39 is 29.0 Å². The van der Waals surface area contributed by atoms with E-state index in [1.165, 1.54) is 0 Å². The molecule has 5 N–H and O–H groups in total. The molecule has 2 heterocycles. The molecule has 0 bridgehead atoms. The first-order valence-electron chi connectivity index (χ1n) is 7.32. The summed E-state index contributed by atoms with van der Waals surface area (Å²) in [7, 11) is 0. The van der Waals surface area contributed by atoms with Gasteiger partial charge in [0, 0.05) is 12.1 Å². The van der Waals surface area contributed by atoms with E-state index in [-0.39, 0.29) is 33.0 Å². The quantitative estimate of drug-likeness (QED) is 0.480. The fourth-order valence-electron chi connectivity index (χ4n) is 2.30. The molecular formula is C16H11F2N3O4S2. The van der Waals surface area contributed by atoms with E-state index in [1.807, 2.05) is 0 Å². The molecule has 2 amide bonds. The highest BCUT2D eigenvalue weighted by molar-refractivity contribution is 8.02. The first-order valence-corrected chi connectivity index (χ1v) is 9.12. The molecule has 0 saturated carbocycles. The maximum absolute atomic E-state index is 13.6. The Labute approximate surface area is 158 Å². The summed E-state index contributed by atoms with van der Waals surface area (Å²) in [5.41, 5.74) is 4.48. The lowest BCUT2D eigenvalue weighted by atomic mass is 10.2. The summed E-state index contributed by atoms with van der Waals surface area (Å²) in [6.45, 7) is 0. The van der Waals surface area contributed by atoms with Crippen LogP contribution in [0.1, 0.15) is 10.4 Å². The van der Waals surface area contributed by atoms with Crippen LogP contribution < -0.4 is 16.6 Å². The van der Waals surface area contributed by atoms with Gasteiger partial charge in [0.2, 0.25) is 5.91 Å². The number of halogens is 2. The number of hydrogen-bond donors (Lipinski definition) is 4. The summed E-state index contributed by atoms with van der Waals surface area (Å²) in [6.07, 6.45) is 0. The number of aromatic nitrogens is 1. The number of anilines is 1. The second kappa shape index (κ2) is 7.37. The van der Waals surface area contributed by atoms with Crippen LogP contribution in [0.25, 0.3) is 10.2 Å². The number of carbonyl (C=O) groups is 2. The second-order valence-corrected chi connectivity index (χ2v) is 7.58. The molecule has 0 unspecified atom stereocenters. The van der Waals surface area contributed by atoms with Crippen molar-refractivity contribution >= 4 is 50.8 Å². The van der Waals surface area contributed by atoms with Crippen LogP contribution in [-0.4, -0.2) is 27.7 Å². The zero-order valence-corrected chi connectivity index (χ0v) is 15.0. The molecule has 2 aromatic heterocycles. The number of benzene rings is 1. The second-order valence-electron chi connectivity index (χ2n) is 5.31. The highest BCUT2D eigenvalue weighted by Crippen LogP contribution is 2.40. The highest BCUT2D eigenvalue weighted by atomic mass is 32.2. The van der Waals surface area contributed by atoms with Crippen molar-refractivity contribution in [2.75, 3.05) is 11.1 Å². The summed E-state index contributed by atoms with van der Waals surface area (Å²) in [5, 5.41) is 12.1. The molecule has 7 nitrogen and oxygen atoms in total. The predicted molar refractivity (Wildman–Crippen MR) is 98.3 cm³/mol. The van der Waals surface area contributed by atoms with Gasteiger partial charge in [-0.05, 0) is 12.1 Å². The Morgan fingerprint density at radius 2 is 2.04 bits per heavy atom. The Kier molecular flexibility index (Phi) is 5.15. The fourth-order valence-corrected chi connectivity index (χ4v) is 4.55. The van der Waals surface area contributed by atoms with Crippen molar-refractivity contribution in [1.29, 1.82) is 0 Å². The molecule has 0 saturated heterocycles. The summed E-state index contributed by atoms with van der Waals surface area (Å²) >= 11 is 1.88. The van der Waals surface area contributed by atoms with Gasteiger partial charge < -0.3 is 21.1 Å². The molecular weight excluding hydrogens is 400 g/mol. The van der Waals surface area contributed by atoms with Crippen molar-refractivity contribution < 1.29 is 23.5 Å². The van der Waals surface area contributed by atoms with Crippen LogP contribution in [0.3, 0.4) is 0 Å². The lowest BCUT2D eigenvalue weighted by molar-refractivity contribution is -0.113. The van der Waals surface area contributed by atoms with Crippen LogP contribution in [0.2, 0.25) is 0 Å². The van der Waals surface area contributed by atoms with Crippen LogP contribution in [0.15, 0.2) is 33.3 Å². The molecule has 0 atom stereocenters. The maximum Gasteiger partial charge on any atom is 0.252 e. The average Bonchev–Trinajstić information content (AvgIpc) is 2.95. The van der Waals surface area contributed by atoms with Crippen molar-refractivity contribution in [2.45, 2.75) is 4.21 Å². The molecule has 3 rings (SSSR count). The number of aromatic amines is 1. The topological polar surface area (TPSA) is 125 Å². The van der Waals surface area contributed by atoms with Gasteiger partial charge in [0.15, 0.2) is 0 Å². The number of pyridine rings is 1. The molecule has 0 spiro atoms.